The van der Waals surface area contributed by atoms with Gasteiger partial charge >= 0.3 is 0 Å². The number of hydrogen-bond acceptors (Lipinski definition) is 6. The Kier molecular flexibility index (Phi) is 5.83. The fraction of sp³-hybridized carbons (Fsp3) is 0.308. The van der Waals surface area contributed by atoms with E-state index in [0.717, 1.165) is 40.9 Å². The lowest BCUT2D eigenvalue weighted by atomic mass is 9.86. The second-order valence-electron chi connectivity index (χ2n) is 9.21. The van der Waals surface area contributed by atoms with Crippen LogP contribution in [-0.4, -0.2) is 37.4 Å². The number of carbonyl (C=O) groups excluding carboxylic acids is 1. The average Bonchev–Trinajstić information content (AvgIpc) is 3.42. The molecule has 1 unspecified atom stereocenters. The van der Waals surface area contributed by atoms with Crippen LogP contribution in [0.3, 0.4) is 0 Å². The summed E-state index contributed by atoms with van der Waals surface area (Å²) < 4.78 is 1.59. The molecule has 6 rings (SSSR count). The van der Waals surface area contributed by atoms with E-state index in [4.69, 9.17) is 10.7 Å². The number of rotatable bonds is 4. The Morgan fingerprint density at radius 3 is 2.41 bits per heavy atom. The molecule has 5 heterocycles. The van der Waals surface area contributed by atoms with E-state index in [-0.39, 0.29) is 24.1 Å². The number of ketones is 1. The number of carbonyl (C=O) groups is 1. The summed E-state index contributed by atoms with van der Waals surface area (Å²) in [6.07, 6.45) is 7.95. The highest BCUT2D eigenvalue weighted by molar-refractivity contribution is 6.00. The third-order valence-electron chi connectivity index (χ3n) is 7.07. The highest BCUT2D eigenvalue weighted by atomic mass is 35.5. The molecule has 174 valence electrons. The van der Waals surface area contributed by atoms with Crippen molar-refractivity contribution in [3.05, 3.63) is 66.1 Å². The molecule has 0 aliphatic carbocycles. The van der Waals surface area contributed by atoms with Crippen LogP contribution in [0.4, 0.5) is 5.82 Å². The molecule has 4 aromatic rings. The predicted octanol–water partition coefficient (Wildman–Crippen LogP) is 4.66. The molecular weight excluding hydrogens is 448 g/mol. The molecule has 2 bridgehead atoms. The SMILES string of the molecule is CC(=O)c1c(C2C[C@H]3CC[C@@H](C2)N3)nc2c(-c3ccc(-c4ccccc4)nc3)cnn2c1N.Cl. The minimum absolute atomic E-state index is 0. The Bertz CT molecular complexity index is 1340. The Labute approximate surface area is 204 Å². The quantitative estimate of drug-likeness (QED) is 0.417. The maximum absolute atomic E-state index is 12.6. The second-order valence-corrected chi connectivity index (χ2v) is 9.21. The Morgan fingerprint density at radius 2 is 1.76 bits per heavy atom. The molecule has 0 amide bonds. The number of nitrogens with one attached hydrogen (secondary N) is 1. The molecule has 2 aliphatic rings. The van der Waals surface area contributed by atoms with Crippen molar-refractivity contribution in [1.82, 2.24) is 24.9 Å². The van der Waals surface area contributed by atoms with Gasteiger partial charge in [-0.2, -0.15) is 9.61 Å². The van der Waals surface area contributed by atoms with Gasteiger partial charge in [0.1, 0.15) is 5.82 Å². The number of nitrogens with two attached hydrogens (primary N) is 1. The zero-order valence-corrected chi connectivity index (χ0v) is 19.8. The van der Waals surface area contributed by atoms with Crippen LogP contribution in [0.25, 0.3) is 28.0 Å². The van der Waals surface area contributed by atoms with Gasteiger partial charge < -0.3 is 11.1 Å². The van der Waals surface area contributed by atoms with E-state index in [9.17, 15) is 4.79 Å². The molecule has 0 radical (unpaired) electrons. The van der Waals surface area contributed by atoms with Crippen LogP contribution in [-0.2, 0) is 0 Å². The zero-order chi connectivity index (χ0) is 22.5. The molecule has 3 atom stereocenters. The van der Waals surface area contributed by atoms with Gasteiger partial charge in [-0.3, -0.25) is 9.78 Å². The standard InChI is InChI=1S/C26H26N6O.ClH/c1-15(33)23-24(18-11-19-8-9-20(12-18)30-19)31-26-21(14-29-32(26)25(23)27)17-7-10-22(28-13-17)16-5-3-2-4-6-16;/h2-7,10,13-14,18-20,30H,8-9,11-12,27H2,1H3;1H/t18?,19-,20+;. The van der Waals surface area contributed by atoms with Crippen LogP contribution < -0.4 is 11.1 Å². The van der Waals surface area contributed by atoms with E-state index in [1.165, 1.54) is 12.8 Å². The Balaban J connectivity index is 0.00000241. The number of benzene rings is 1. The van der Waals surface area contributed by atoms with Gasteiger partial charge in [-0.05, 0) is 38.7 Å². The first-order valence-corrected chi connectivity index (χ1v) is 11.5. The van der Waals surface area contributed by atoms with Crippen LogP contribution in [0.1, 0.15) is 54.6 Å². The number of piperidine rings is 1. The van der Waals surface area contributed by atoms with Crippen LogP contribution in [0.15, 0.2) is 54.9 Å². The molecule has 34 heavy (non-hydrogen) atoms. The van der Waals surface area contributed by atoms with Gasteiger partial charge in [-0.15, -0.1) is 12.4 Å². The highest BCUT2D eigenvalue weighted by Gasteiger charge is 2.37. The van der Waals surface area contributed by atoms with E-state index < -0.39 is 0 Å². The Hall–Kier alpha value is -3.29. The molecule has 3 N–H and O–H groups in total. The molecule has 0 spiro atoms. The first-order chi connectivity index (χ1) is 16.1. The molecule has 0 saturated carbocycles. The number of aromatic nitrogens is 4. The molecule has 2 saturated heterocycles. The summed E-state index contributed by atoms with van der Waals surface area (Å²) in [5.74, 6) is 0.526. The van der Waals surface area contributed by atoms with Gasteiger partial charge in [-0.1, -0.05) is 36.4 Å². The molecule has 2 aliphatic heterocycles. The third kappa shape index (κ3) is 3.75. The van der Waals surface area contributed by atoms with Gasteiger partial charge in [-0.25, -0.2) is 4.98 Å². The topological polar surface area (TPSA) is 98.2 Å². The fourth-order valence-corrected chi connectivity index (χ4v) is 5.51. The van der Waals surface area contributed by atoms with Gasteiger partial charge in [0.25, 0.3) is 0 Å². The van der Waals surface area contributed by atoms with Crippen molar-refractivity contribution in [3.8, 4) is 22.4 Å². The van der Waals surface area contributed by atoms with Crippen molar-refractivity contribution in [1.29, 1.82) is 0 Å². The van der Waals surface area contributed by atoms with Crippen LogP contribution >= 0.6 is 12.4 Å². The summed E-state index contributed by atoms with van der Waals surface area (Å²) in [7, 11) is 0. The van der Waals surface area contributed by atoms with Gasteiger partial charge in [0.2, 0.25) is 0 Å². The minimum atomic E-state index is -0.0614. The molecular formula is C26H27ClN6O. The van der Waals surface area contributed by atoms with Gasteiger partial charge in [0, 0.05) is 40.9 Å². The molecule has 8 heteroatoms. The van der Waals surface area contributed by atoms with Crippen LogP contribution in [0.2, 0.25) is 0 Å². The minimum Gasteiger partial charge on any atom is -0.383 e. The lowest BCUT2D eigenvalue weighted by molar-refractivity contribution is 0.101. The van der Waals surface area contributed by atoms with Crippen molar-refractivity contribution in [3.63, 3.8) is 0 Å². The summed E-state index contributed by atoms with van der Waals surface area (Å²) in [5.41, 5.74) is 12.3. The van der Waals surface area contributed by atoms with Crippen LogP contribution in [0, 0.1) is 0 Å². The van der Waals surface area contributed by atoms with Gasteiger partial charge in [0.05, 0.1) is 23.1 Å². The second kappa shape index (κ2) is 8.81. The predicted molar refractivity (Wildman–Crippen MR) is 135 cm³/mol. The molecule has 7 nitrogen and oxygen atoms in total. The number of pyridine rings is 1. The number of Topliss-reactive ketones (excluding diaryl/α,β-unsaturated/α-hetero) is 1. The van der Waals surface area contributed by atoms with E-state index in [2.05, 4.69) is 15.4 Å². The molecule has 2 fully saturated rings. The lowest BCUT2D eigenvalue weighted by Crippen LogP contribution is -2.38. The van der Waals surface area contributed by atoms with Crippen molar-refractivity contribution in [2.75, 3.05) is 5.73 Å². The number of hydrogen-bond donors (Lipinski definition) is 2. The number of fused-ring (bicyclic) bond motifs is 3. The zero-order valence-electron chi connectivity index (χ0n) is 18.9. The van der Waals surface area contributed by atoms with Crippen molar-refractivity contribution in [2.45, 2.75) is 50.6 Å². The maximum Gasteiger partial charge on any atom is 0.165 e. The summed E-state index contributed by atoms with van der Waals surface area (Å²) in [5, 5.41) is 8.16. The number of anilines is 1. The van der Waals surface area contributed by atoms with E-state index in [1.807, 2.05) is 48.7 Å². The average molecular weight is 475 g/mol. The maximum atomic E-state index is 12.6. The smallest absolute Gasteiger partial charge is 0.165 e. The molecule has 1 aromatic carbocycles. The van der Waals surface area contributed by atoms with E-state index in [1.54, 1.807) is 17.6 Å². The highest BCUT2D eigenvalue weighted by Crippen LogP contribution is 2.40. The van der Waals surface area contributed by atoms with Gasteiger partial charge in [0.15, 0.2) is 11.4 Å². The largest absolute Gasteiger partial charge is 0.383 e. The van der Waals surface area contributed by atoms with E-state index >= 15 is 0 Å². The monoisotopic (exact) mass is 474 g/mol. The van der Waals surface area contributed by atoms with Crippen molar-refractivity contribution < 1.29 is 4.79 Å². The van der Waals surface area contributed by atoms with E-state index in [0.29, 0.717) is 29.1 Å². The molecule has 3 aromatic heterocycles. The fourth-order valence-electron chi connectivity index (χ4n) is 5.51. The summed E-state index contributed by atoms with van der Waals surface area (Å²) >= 11 is 0. The summed E-state index contributed by atoms with van der Waals surface area (Å²) in [6.45, 7) is 1.56. The lowest BCUT2D eigenvalue weighted by Gasteiger charge is -2.30. The summed E-state index contributed by atoms with van der Waals surface area (Å²) in [4.78, 5) is 22.3. The number of nitrogens with zero attached hydrogens (tertiary/aromatic N) is 4. The number of nitrogen functional groups attached to an aromatic ring is 1. The first-order valence-electron chi connectivity index (χ1n) is 11.5. The summed E-state index contributed by atoms with van der Waals surface area (Å²) in [6, 6.07) is 15.1. The number of halogens is 1. The third-order valence-corrected chi connectivity index (χ3v) is 7.07. The van der Waals surface area contributed by atoms with Crippen molar-refractivity contribution >= 4 is 29.7 Å². The van der Waals surface area contributed by atoms with Crippen molar-refractivity contribution in [2.24, 2.45) is 0 Å². The normalized spacial score (nSPS) is 21.4. The first kappa shape index (κ1) is 22.5. The Morgan fingerprint density at radius 1 is 1.03 bits per heavy atom. The van der Waals surface area contributed by atoms with Crippen LogP contribution in [0.5, 0.6) is 0 Å².